The molecule has 96 valence electrons. The summed E-state index contributed by atoms with van der Waals surface area (Å²) < 4.78 is 5.52. The molecule has 0 N–H and O–H groups in total. The summed E-state index contributed by atoms with van der Waals surface area (Å²) in [5.41, 5.74) is -0.351. The summed E-state index contributed by atoms with van der Waals surface area (Å²) in [6, 6.07) is 0. The Hall–Kier alpha value is -0.410. The van der Waals surface area contributed by atoms with Gasteiger partial charge in [-0.2, -0.15) is 0 Å². The van der Waals surface area contributed by atoms with Crippen LogP contribution >= 0.6 is 0 Å². The highest BCUT2D eigenvalue weighted by atomic mass is 16.5. The second-order valence-electron chi connectivity index (χ2n) is 5.57. The normalized spacial score (nSPS) is 12.5. The van der Waals surface area contributed by atoms with Gasteiger partial charge in [0, 0.05) is 11.8 Å². The minimum atomic E-state index is -0.351. The van der Waals surface area contributed by atoms with Gasteiger partial charge in [0.05, 0.1) is 12.7 Å². The van der Waals surface area contributed by atoms with Crippen LogP contribution in [0.1, 0.15) is 40.5 Å². The van der Waals surface area contributed by atoms with Crippen molar-refractivity contribution >= 4 is 5.78 Å². The molecule has 3 heteroatoms. The molecule has 0 saturated heterocycles. The molecule has 0 aliphatic heterocycles. The Bertz CT molecular complexity index is 210. The smallest absolute Gasteiger partial charge is 0.140 e. The largest absolute Gasteiger partial charge is 0.378 e. The van der Waals surface area contributed by atoms with Crippen LogP contribution in [0, 0.1) is 5.41 Å². The minimum Gasteiger partial charge on any atom is -0.378 e. The lowest BCUT2D eigenvalue weighted by Gasteiger charge is -2.24. The third-order valence-corrected chi connectivity index (χ3v) is 2.54. The molecule has 0 aromatic rings. The Morgan fingerprint density at radius 3 is 2.31 bits per heavy atom. The quantitative estimate of drug-likeness (QED) is 0.640. The van der Waals surface area contributed by atoms with Crippen LogP contribution in [0.2, 0.25) is 0 Å². The van der Waals surface area contributed by atoms with Crippen molar-refractivity contribution in [1.82, 2.24) is 4.90 Å². The molecular formula is C13H27NO2. The van der Waals surface area contributed by atoms with Crippen LogP contribution < -0.4 is 0 Å². The Morgan fingerprint density at radius 2 is 1.88 bits per heavy atom. The summed E-state index contributed by atoms with van der Waals surface area (Å²) >= 11 is 0. The summed E-state index contributed by atoms with van der Waals surface area (Å²) in [5.74, 6) is 0.301. The lowest BCUT2D eigenvalue weighted by Crippen LogP contribution is -2.31. The van der Waals surface area contributed by atoms with Crippen LogP contribution in [0.5, 0.6) is 0 Å². The van der Waals surface area contributed by atoms with Crippen LogP contribution in [0.25, 0.3) is 0 Å². The van der Waals surface area contributed by atoms with Gasteiger partial charge in [-0.25, -0.2) is 0 Å². The van der Waals surface area contributed by atoms with E-state index in [9.17, 15) is 4.79 Å². The molecule has 0 saturated carbocycles. The van der Waals surface area contributed by atoms with Gasteiger partial charge in [-0.15, -0.1) is 0 Å². The lowest BCUT2D eigenvalue weighted by molar-refractivity contribution is -0.131. The van der Waals surface area contributed by atoms with Crippen molar-refractivity contribution in [2.45, 2.75) is 46.6 Å². The molecule has 0 heterocycles. The highest BCUT2D eigenvalue weighted by Gasteiger charge is 2.27. The Morgan fingerprint density at radius 1 is 1.31 bits per heavy atom. The zero-order valence-corrected chi connectivity index (χ0v) is 11.7. The maximum Gasteiger partial charge on any atom is 0.140 e. The summed E-state index contributed by atoms with van der Waals surface area (Å²) in [6.07, 6.45) is 1.76. The van der Waals surface area contributed by atoms with E-state index in [1.807, 2.05) is 41.8 Å². The molecule has 0 unspecified atom stereocenters. The van der Waals surface area contributed by atoms with Crippen LogP contribution in [0.15, 0.2) is 0 Å². The zero-order chi connectivity index (χ0) is 12.8. The molecular weight excluding hydrogens is 202 g/mol. The molecule has 0 aliphatic carbocycles. The predicted octanol–water partition coefficient (Wildman–Crippen LogP) is 2.35. The average molecular weight is 229 g/mol. The molecule has 0 spiro atoms. The van der Waals surface area contributed by atoms with Crippen molar-refractivity contribution in [3.63, 3.8) is 0 Å². The molecule has 16 heavy (non-hydrogen) atoms. The molecule has 0 rings (SSSR count). The molecule has 3 nitrogen and oxygen atoms in total. The van der Waals surface area contributed by atoms with E-state index in [-0.39, 0.29) is 11.5 Å². The van der Waals surface area contributed by atoms with Gasteiger partial charge >= 0.3 is 0 Å². The van der Waals surface area contributed by atoms with Gasteiger partial charge in [0.15, 0.2) is 0 Å². The second-order valence-corrected chi connectivity index (χ2v) is 5.57. The van der Waals surface area contributed by atoms with Gasteiger partial charge < -0.3 is 9.64 Å². The molecule has 0 amide bonds. The van der Waals surface area contributed by atoms with Crippen LogP contribution in [-0.2, 0) is 9.53 Å². The first kappa shape index (κ1) is 15.6. The van der Waals surface area contributed by atoms with E-state index in [2.05, 4.69) is 4.90 Å². The van der Waals surface area contributed by atoms with E-state index >= 15 is 0 Å². The fourth-order valence-corrected chi connectivity index (χ4v) is 1.35. The van der Waals surface area contributed by atoms with E-state index in [1.54, 1.807) is 0 Å². The Kier molecular flexibility index (Phi) is 6.84. The lowest BCUT2D eigenvalue weighted by atomic mass is 9.86. The molecule has 0 radical (unpaired) electrons. The van der Waals surface area contributed by atoms with Crippen molar-refractivity contribution < 1.29 is 9.53 Å². The number of rotatable bonds is 8. The number of ketones is 1. The number of ether oxygens (including phenoxy) is 1. The second kappa shape index (κ2) is 7.02. The first-order chi connectivity index (χ1) is 7.25. The predicted molar refractivity (Wildman–Crippen MR) is 67.7 cm³/mol. The number of carbonyl (C=O) groups excluding carboxylic acids is 1. The number of hydrogen-bond acceptors (Lipinski definition) is 3. The van der Waals surface area contributed by atoms with Crippen LogP contribution in [0.4, 0.5) is 0 Å². The third-order valence-electron chi connectivity index (χ3n) is 2.54. The van der Waals surface area contributed by atoms with Gasteiger partial charge in [-0.1, -0.05) is 13.8 Å². The average Bonchev–Trinajstić information content (AvgIpc) is 2.14. The van der Waals surface area contributed by atoms with Gasteiger partial charge in [0.1, 0.15) is 5.78 Å². The fourth-order valence-electron chi connectivity index (χ4n) is 1.35. The van der Waals surface area contributed by atoms with Crippen molar-refractivity contribution in [3.05, 3.63) is 0 Å². The van der Waals surface area contributed by atoms with E-state index in [4.69, 9.17) is 4.74 Å². The molecule has 0 fully saturated rings. The SMILES string of the molecule is CC(C)OCC(C)(C)C(=O)CCCN(C)C. The Labute approximate surface area is 100 Å². The molecule has 0 aromatic heterocycles. The maximum absolute atomic E-state index is 12.0. The first-order valence-corrected chi connectivity index (χ1v) is 6.05. The monoisotopic (exact) mass is 229 g/mol. The highest BCUT2D eigenvalue weighted by Crippen LogP contribution is 2.20. The van der Waals surface area contributed by atoms with Crippen molar-refractivity contribution in [2.24, 2.45) is 5.41 Å². The number of carbonyl (C=O) groups is 1. The topological polar surface area (TPSA) is 29.5 Å². The van der Waals surface area contributed by atoms with E-state index in [0.717, 1.165) is 13.0 Å². The molecule has 0 bridgehead atoms. The van der Waals surface area contributed by atoms with E-state index in [0.29, 0.717) is 18.8 Å². The van der Waals surface area contributed by atoms with Gasteiger partial charge in [-0.05, 0) is 40.9 Å². The van der Waals surface area contributed by atoms with Gasteiger partial charge in [0.2, 0.25) is 0 Å². The molecule has 0 atom stereocenters. The minimum absolute atomic E-state index is 0.189. The van der Waals surface area contributed by atoms with Crippen molar-refractivity contribution in [1.29, 1.82) is 0 Å². The number of nitrogens with zero attached hydrogens (tertiary/aromatic N) is 1. The highest BCUT2D eigenvalue weighted by molar-refractivity contribution is 5.84. The van der Waals surface area contributed by atoms with Crippen LogP contribution in [-0.4, -0.2) is 44.0 Å². The van der Waals surface area contributed by atoms with Gasteiger partial charge in [-0.3, -0.25) is 4.79 Å². The van der Waals surface area contributed by atoms with Crippen LogP contribution in [0.3, 0.4) is 0 Å². The number of hydrogen-bond donors (Lipinski definition) is 0. The maximum atomic E-state index is 12.0. The summed E-state index contributed by atoms with van der Waals surface area (Å²) in [4.78, 5) is 14.1. The Balaban J connectivity index is 3.94. The zero-order valence-electron chi connectivity index (χ0n) is 11.7. The van der Waals surface area contributed by atoms with Crippen molar-refractivity contribution in [2.75, 3.05) is 27.2 Å². The number of Topliss-reactive ketones (excluding diaryl/α,β-unsaturated/α-hetero) is 1. The molecule has 0 aliphatic rings. The fraction of sp³-hybridized carbons (Fsp3) is 0.923. The third kappa shape index (κ3) is 6.96. The summed E-state index contributed by atoms with van der Waals surface area (Å²) in [5, 5.41) is 0. The summed E-state index contributed by atoms with van der Waals surface area (Å²) in [6.45, 7) is 9.40. The summed E-state index contributed by atoms with van der Waals surface area (Å²) in [7, 11) is 4.05. The van der Waals surface area contributed by atoms with E-state index in [1.165, 1.54) is 0 Å². The first-order valence-electron chi connectivity index (χ1n) is 6.05. The van der Waals surface area contributed by atoms with Crippen molar-refractivity contribution in [3.8, 4) is 0 Å². The van der Waals surface area contributed by atoms with E-state index < -0.39 is 0 Å². The molecule has 0 aromatic carbocycles. The van der Waals surface area contributed by atoms with Gasteiger partial charge in [0.25, 0.3) is 0 Å². The standard InChI is InChI=1S/C13H27NO2/c1-11(2)16-10-13(3,4)12(15)8-7-9-14(5)6/h11H,7-10H2,1-6H3.